The maximum absolute atomic E-state index is 12.2. The van der Waals surface area contributed by atoms with Gasteiger partial charge in [-0.05, 0) is 16.9 Å². The number of amides is 1. The first-order valence-corrected chi connectivity index (χ1v) is 7.60. The van der Waals surface area contributed by atoms with E-state index in [1.54, 1.807) is 11.3 Å². The lowest BCUT2D eigenvalue weighted by molar-refractivity contribution is -0.140. The Morgan fingerprint density at radius 1 is 1.40 bits per heavy atom. The molecule has 1 aromatic heterocycles. The van der Waals surface area contributed by atoms with Gasteiger partial charge in [0.25, 0.3) is 0 Å². The van der Waals surface area contributed by atoms with Crippen molar-refractivity contribution in [3.63, 3.8) is 0 Å². The van der Waals surface area contributed by atoms with Gasteiger partial charge in [-0.15, -0.1) is 11.3 Å². The van der Waals surface area contributed by atoms with Crippen LogP contribution in [0.15, 0.2) is 17.5 Å². The van der Waals surface area contributed by atoms with Crippen molar-refractivity contribution >= 4 is 23.2 Å². The lowest BCUT2D eigenvalue weighted by atomic mass is 9.91. The van der Waals surface area contributed by atoms with E-state index in [1.165, 1.54) is 4.88 Å². The van der Waals surface area contributed by atoms with Crippen LogP contribution in [0.1, 0.15) is 32.6 Å². The highest BCUT2D eigenvalue weighted by Crippen LogP contribution is 2.58. The topological polar surface area (TPSA) is 66.4 Å². The SMILES string of the molecule is CC(C)(CNC(=O)[C@H]1[C@@H](C(=O)O)C1(C)C)c1cccs1. The molecule has 0 spiro atoms. The van der Waals surface area contributed by atoms with Crippen molar-refractivity contribution in [3.8, 4) is 0 Å². The minimum absolute atomic E-state index is 0.137. The normalized spacial score (nSPS) is 24.2. The molecule has 5 heteroatoms. The van der Waals surface area contributed by atoms with E-state index in [2.05, 4.69) is 25.2 Å². The Morgan fingerprint density at radius 3 is 2.50 bits per heavy atom. The van der Waals surface area contributed by atoms with E-state index in [0.717, 1.165) is 0 Å². The van der Waals surface area contributed by atoms with E-state index in [-0.39, 0.29) is 11.3 Å². The van der Waals surface area contributed by atoms with E-state index in [4.69, 9.17) is 5.11 Å². The molecular formula is C15H21NO3S. The van der Waals surface area contributed by atoms with Crippen LogP contribution in [0.2, 0.25) is 0 Å². The Labute approximate surface area is 123 Å². The molecule has 0 saturated heterocycles. The number of hydrogen-bond acceptors (Lipinski definition) is 3. The van der Waals surface area contributed by atoms with E-state index in [9.17, 15) is 9.59 Å². The zero-order chi connectivity index (χ0) is 15.1. The number of carboxylic acids is 1. The van der Waals surface area contributed by atoms with E-state index in [1.807, 2.05) is 25.3 Å². The first kappa shape index (κ1) is 15.0. The highest BCUT2D eigenvalue weighted by molar-refractivity contribution is 7.10. The fourth-order valence-corrected chi connectivity index (χ4v) is 3.61. The molecular weight excluding hydrogens is 274 g/mol. The van der Waals surface area contributed by atoms with Gasteiger partial charge in [0, 0.05) is 16.8 Å². The van der Waals surface area contributed by atoms with Gasteiger partial charge in [-0.2, -0.15) is 0 Å². The fraction of sp³-hybridized carbons (Fsp3) is 0.600. The number of aliphatic carboxylic acids is 1. The largest absolute Gasteiger partial charge is 0.481 e. The Kier molecular flexibility index (Phi) is 3.67. The second-order valence-electron chi connectivity index (χ2n) is 6.69. The van der Waals surface area contributed by atoms with Crippen LogP contribution in [-0.4, -0.2) is 23.5 Å². The van der Waals surface area contributed by atoms with E-state index in [0.29, 0.717) is 6.54 Å². The van der Waals surface area contributed by atoms with Gasteiger partial charge in [-0.1, -0.05) is 33.8 Å². The van der Waals surface area contributed by atoms with E-state index < -0.39 is 23.2 Å². The summed E-state index contributed by atoms with van der Waals surface area (Å²) < 4.78 is 0. The Balaban J connectivity index is 1.96. The minimum atomic E-state index is -0.882. The second kappa shape index (κ2) is 4.88. The highest BCUT2D eigenvalue weighted by Gasteiger charge is 2.65. The summed E-state index contributed by atoms with van der Waals surface area (Å²) in [6.45, 7) is 8.34. The molecule has 1 aliphatic carbocycles. The third kappa shape index (κ3) is 2.59. The van der Waals surface area contributed by atoms with Crippen LogP contribution in [0, 0.1) is 17.3 Å². The van der Waals surface area contributed by atoms with Gasteiger partial charge in [0.15, 0.2) is 0 Å². The fourth-order valence-electron chi connectivity index (χ4n) is 2.76. The molecule has 0 aromatic carbocycles. The van der Waals surface area contributed by atoms with Gasteiger partial charge in [-0.3, -0.25) is 9.59 Å². The van der Waals surface area contributed by atoms with Crippen molar-refractivity contribution < 1.29 is 14.7 Å². The first-order chi connectivity index (χ1) is 9.18. The maximum Gasteiger partial charge on any atom is 0.307 e. The van der Waals surface area contributed by atoms with Gasteiger partial charge in [0.05, 0.1) is 11.8 Å². The van der Waals surface area contributed by atoms with Gasteiger partial charge in [0.1, 0.15) is 0 Å². The number of thiophene rings is 1. The molecule has 0 unspecified atom stereocenters. The molecule has 1 aromatic rings. The summed E-state index contributed by atoms with van der Waals surface area (Å²) in [7, 11) is 0. The van der Waals surface area contributed by atoms with Crippen LogP contribution in [0.25, 0.3) is 0 Å². The quantitative estimate of drug-likeness (QED) is 0.877. The first-order valence-electron chi connectivity index (χ1n) is 6.72. The average Bonchev–Trinajstić information content (AvgIpc) is 2.76. The highest BCUT2D eigenvalue weighted by atomic mass is 32.1. The van der Waals surface area contributed by atoms with Gasteiger partial charge < -0.3 is 10.4 Å². The summed E-state index contributed by atoms with van der Waals surface area (Å²) in [5.41, 5.74) is -0.579. The lowest BCUT2D eigenvalue weighted by Crippen LogP contribution is -2.37. The summed E-state index contributed by atoms with van der Waals surface area (Å²) in [5.74, 6) is -2.01. The summed E-state index contributed by atoms with van der Waals surface area (Å²) in [4.78, 5) is 24.5. The predicted octanol–water partition coefficient (Wildman–Crippen LogP) is 2.50. The van der Waals surface area contributed by atoms with Crippen LogP contribution >= 0.6 is 11.3 Å². The summed E-state index contributed by atoms with van der Waals surface area (Å²) in [6, 6.07) is 4.05. The van der Waals surface area contributed by atoms with Crippen LogP contribution in [0.4, 0.5) is 0 Å². The summed E-state index contributed by atoms with van der Waals surface area (Å²) in [5, 5.41) is 14.0. The molecule has 2 N–H and O–H groups in total. The molecule has 1 aliphatic rings. The smallest absolute Gasteiger partial charge is 0.307 e. The number of rotatable bonds is 5. The molecule has 1 fully saturated rings. The van der Waals surface area contributed by atoms with Crippen molar-refractivity contribution in [1.82, 2.24) is 5.32 Å². The molecule has 1 heterocycles. The molecule has 1 saturated carbocycles. The Bertz CT molecular complexity index is 519. The summed E-state index contributed by atoms with van der Waals surface area (Å²) >= 11 is 1.67. The second-order valence-corrected chi connectivity index (χ2v) is 7.64. The van der Waals surface area contributed by atoms with Crippen molar-refractivity contribution in [3.05, 3.63) is 22.4 Å². The predicted molar refractivity (Wildman–Crippen MR) is 78.8 cm³/mol. The third-order valence-electron chi connectivity index (χ3n) is 4.27. The number of carbonyl (C=O) groups is 2. The van der Waals surface area contributed by atoms with Crippen molar-refractivity contribution in [2.75, 3.05) is 6.54 Å². The average molecular weight is 295 g/mol. The lowest BCUT2D eigenvalue weighted by Gasteiger charge is -2.23. The molecule has 2 atom stereocenters. The molecule has 4 nitrogen and oxygen atoms in total. The van der Waals surface area contributed by atoms with Gasteiger partial charge >= 0.3 is 5.97 Å². The van der Waals surface area contributed by atoms with Crippen LogP contribution in [-0.2, 0) is 15.0 Å². The number of nitrogens with one attached hydrogen (secondary N) is 1. The zero-order valence-electron chi connectivity index (χ0n) is 12.3. The van der Waals surface area contributed by atoms with E-state index >= 15 is 0 Å². The number of carbonyl (C=O) groups excluding carboxylic acids is 1. The molecule has 0 bridgehead atoms. The molecule has 0 radical (unpaired) electrons. The van der Waals surface area contributed by atoms with Gasteiger partial charge in [-0.25, -0.2) is 0 Å². The molecule has 110 valence electrons. The van der Waals surface area contributed by atoms with Crippen molar-refractivity contribution in [2.45, 2.75) is 33.1 Å². The molecule has 2 rings (SSSR count). The number of carboxylic acid groups (broad SMARTS) is 1. The maximum atomic E-state index is 12.2. The van der Waals surface area contributed by atoms with Crippen LogP contribution < -0.4 is 5.32 Å². The minimum Gasteiger partial charge on any atom is -0.481 e. The Morgan fingerprint density at radius 2 is 2.05 bits per heavy atom. The van der Waals surface area contributed by atoms with Crippen LogP contribution in [0.3, 0.4) is 0 Å². The number of hydrogen-bond donors (Lipinski definition) is 2. The van der Waals surface area contributed by atoms with Crippen molar-refractivity contribution in [1.29, 1.82) is 0 Å². The standard InChI is InChI=1S/C15H21NO3S/c1-14(2,9-6-5-7-20-9)8-16-12(17)10-11(13(18)19)15(10,3)4/h5-7,10-11H,8H2,1-4H3,(H,16,17)(H,18,19)/t10-,11+/m1/s1. The molecule has 1 amide bonds. The molecule has 0 aliphatic heterocycles. The van der Waals surface area contributed by atoms with Crippen molar-refractivity contribution in [2.24, 2.45) is 17.3 Å². The van der Waals surface area contributed by atoms with Crippen LogP contribution in [0.5, 0.6) is 0 Å². The van der Waals surface area contributed by atoms with Gasteiger partial charge in [0.2, 0.25) is 5.91 Å². The zero-order valence-corrected chi connectivity index (χ0v) is 13.1. The Hall–Kier alpha value is -1.36. The monoisotopic (exact) mass is 295 g/mol. The molecule has 20 heavy (non-hydrogen) atoms. The third-order valence-corrected chi connectivity index (χ3v) is 5.50. The summed E-state index contributed by atoms with van der Waals surface area (Å²) in [6.07, 6.45) is 0.